The van der Waals surface area contributed by atoms with Gasteiger partial charge in [0.1, 0.15) is 0 Å². The number of carboxylic acids is 1. The van der Waals surface area contributed by atoms with Crippen LogP contribution in [0.3, 0.4) is 0 Å². The Kier molecular flexibility index (Phi) is 7.68. The number of carbonyl (C=O) groups is 2. The molecule has 1 amide bonds. The first-order valence-electron chi connectivity index (χ1n) is 8.27. The largest absolute Gasteiger partial charge is 0.481 e. The first-order chi connectivity index (χ1) is 13.2. The maximum absolute atomic E-state index is 12.6. The molecule has 0 bridgehead atoms. The van der Waals surface area contributed by atoms with Crippen LogP contribution in [-0.4, -0.2) is 31.9 Å². The molecule has 0 atom stereocenters. The Labute approximate surface area is 172 Å². The number of rotatable bonds is 9. The smallest absolute Gasteiger partial charge is 0.303 e. The van der Waals surface area contributed by atoms with E-state index in [1.807, 2.05) is 0 Å². The van der Waals surface area contributed by atoms with Crippen LogP contribution in [0.5, 0.6) is 0 Å². The summed E-state index contributed by atoms with van der Waals surface area (Å²) in [5.41, 5.74) is 0.130. The fraction of sp³-hybridized carbons (Fsp3) is 0.222. The molecule has 0 aromatic heterocycles. The third kappa shape index (κ3) is 6.40. The van der Waals surface area contributed by atoms with Gasteiger partial charge >= 0.3 is 5.97 Å². The summed E-state index contributed by atoms with van der Waals surface area (Å²) in [6.45, 7) is 0.252. The van der Waals surface area contributed by atoms with Crippen molar-refractivity contribution < 1.29 is 23.1 Å². The average Bonchev–Trinajstić information content (AvgIpc) is 2.62. The lowest BCUT2D eigenvalue weighted by Crippen LogP contribution is -2.26. The van der Waals surface area contributed by atoms with Crippen molar-refractivity contribution >= 4 is 50.8 Å². The summed E-state index contributed by atoms with van der Waals surface area (Å²) < 4.78 is 27.5. The number of hydrogen-bond acceptors (Lipinski definition) is 4. The molecular formula is C18H18Cl2N2O5S. The molecule has 150 valence electrons. The van der Waals surface area contributed by atoms with Crippen molar-refractivity contribution in [3.8, 4) is 0 Å². The minimum Gasteiger partial charge on any atom is -0.481 e. The summed E-state index contributed by atoms with van der Waals surface area (Å²) in [7, 11) is -3.93. The summed E-state index contributed by atoms with van der Waals surface area (Å²) in [4.78, 5) is 22.9. The van der Waals surface area contributed by atoms with E-state index in [9.17, 15) is 18.0 Å². The zero-order valence-corrected chi connectivity index (χ0v) is 16.9. The van der Waals surface area contributed by atoms with E-state index in [1.165, 1.54) is 42.5 Å². The molecule has 0 heterocycles. The van der Waals surface area contributed by atoms with Crippen molar-refractivity contribution in [2.45, 2.75) is 24.2 Å². The predicted molar refractivity (Wildman–Crippen MR) is 108 cm³/mol. The van der Waals surface area contributed by atoms with Crippen LogP contribution < -0.4 is 10.0 Å². The molecule has 0 spiro atoms. The Bertz CT molecular complexity index is 962. The van der Waals surface area contributed by atoms with E-state index in [4.69, 9.17) is 28.3 Å². The number of benzene rings is 2. The summed E-state index contributed by atoms with van der Waals surface area (Å²) in [5, 5.41) is 11.9. The Morgan fingerprint density at radius 1 is 0.964 bits per heavy atom. The van der Waals surface area contributed by atoms with Crippen LogP contribution >= 0.6 is 23.2 Å². The number of sulfonamides is 1. The lowest BCUT2D eigenvalue weighted by molar-refractivity contribution is -0.137. The first kappa shape index (κ1) is 22.0. The average molecular weight is 445 g/mol. The standard InChI is InChI=1S/C18H18Cl2N2O5S/c19-12-4-7-14(8-5-12)28(26,27)22-16-9-6-13(20)11-15(16)18(25)21-10-2-1-3-17(23)24/h4-9,11,22H,1-3,10H2,(H,21,25)(H,23,24). The highest BCUT2D eigenvalue weighted by molar-refractivity contribution is 7.92. The molecule has 0 fully saturated rings. The minimum atomic E-state index is -3.93. The van der Waals surface area contributed by atoms with Gasteiger partial charge in [0.2, 0.25) is 0 Å². The highest BCUT2D eigenvalue weighted by Crippen LogP contribution is 2.24. The number of aliphatic carboxylic acids is 1. The number of carboxylic acid groups (broad SMARTS) is 1. The Morgan fingerprint density at radius 2 is 1.61 bits per heavy atom. The van der Waals surface area contributed by atoms with Gasteiger partial charge in [-0.05, 0) is 55.3 Å². The fourth-order valence-electron chi connectivity index (χ4n) is 2.31. The molecule has 3 N–H and O–H groups in total. The van der Waals surface area contributed by atoms with E-state index in [0.717, 1.165) is 0 Å². The van der Waals surface area contributed by atoms with Crippen molar-refractivity contribution in [1.29, 1.82) is 0 Å². The monoisotopic (exact) mass is 444 g/mol. The van der Waals surface area contributed by atoms with Crippen LogP contribution in [0.1, 0.15) is 29.6 Å². The summed E-state index contributed by atoms with van der Waals surface area (Å²) >= 11 is 11.7. The number of hydrogen-bond donors (Lipinski definition) is 3. The number of anilines is 1. The molecule has 0 saturated carbocycles. The molecule has 2 aromatic rings. The van der Waals surface area contributed by atoms with E-state index < -0.39 is 21.9 Å². The summed E-state index contributed by atoms with van der Waals surface area (Å²) in [5.74, 6) is -1.42. The molecule has 0 aliphatic heterocycles. The van der Waals surface area contributed by atoms with E-state index in [-0.39, 0.29) is 34.1 Å². The number of nitrogens with one attached hydrogen (secondary N) is 2. The number of unbranched alkanes of at least 4 members (excludes halogenated alkanes) is 1. The molecule has 0 unspecified atom stereocenters. The minimum absolute atomic E-state index is 0.00752. The SMILES string of the molecule is O=C(O)CCCCNC(=O)c1cc(Cl)ccc1NS(=O)(=O)c1ccc(Cl)cc1. The van der Waals surface area contributed by atoms with E-state index in [0.29, 0.717) is 17.9 Å². The first-order valence-corrected chi connectivity index (χ1v) is 10.5. The van der Waals surface area contributed by atoms with Crippen molar-refractivity contribution in [3.63, 3.8) is 0 Å². The Morgan fingerprint density at radius 3 is 2.25 bits per heavy atom. The molecule has 0 radical (unpaired) electrons. The second kappa shape index (κ2) is 9.77. The molecular weight excluding hydrogens is 427 g/mol. The lowest BCUT2D eigenvalue weighted by Gasteiger charge is -2.13. The van der Waals surface area contributed by atoms with Crippen molar-refractivity contribution in [3.05, 3.63) is 58.1 Å². The van der Waals surface area contributed by atoms with Gasteiger partial charge in [0.25, 0.3) is 15.9 Å². The van der Waals surface area contributed by atoms with Gasteiger partial charge in [0, 0.05) is 23.0 Å². The molecule has 0 aliphatic carbocycles. The number of carbonyl (C=O) groups excluding carboxylic acids is 1. The zero-order valence-electron chi connectivity index (χ0n) is 14.6. The molecule has 2 aromatic carbocycles. The fourth-order valence-corrected chi connectivity index (χ4v) is 3.69. The highest BCUT2D eigenvalue weighted by Gasteiger charge is 2.19. The summed E-state index contributed by atoms with van der Waals surface area (Å²) in [6.07, 6.45) is 0.908. The van der Waals surface area contributed by atoms with Crippen molar-refractivity contribution in [2.24, 2.45) is 0 Å². The van der Waals surface area contributed by atoms with Gasteiger partial charge in [-0.15, -0.1) is 0 Å². The number of amides is 1. The Hall–Kier alpha value is -2.29. The molecule has 10 heteroatoms. The van der Waals surface area contributed by atoms with E-state index in [1.54, 1.807) is 0 Å². The topological polar surface area (TPSA) is 113 Å². The van der Waals surface area contributed by atoms with Crippen LogP contribution in [0.15, 0.2) is 47.4 Å². The Balaban J connectivity index is 2.14. The third-order valence-corrected chi connectivity index (χ3v) is 5.57. The van der Waals surface area contributed by atoms with Crippen molar-refractivity contribution in [1.82, 2.24) is 5.32 Å². The quantitative estimate of drug-likeness (QED) is 0.509. The van der Waals surface area contributed by atoms with Crippen molar-refractivity contribution in [2.75, 3.05) is 11.3 Å². The van der Waals surface area contributed by atoms with Crippen LogP contribution in [0.25, 0.3) is 0 Å². The molecule has 28 heavy (non-hydrogen) atoms. The maximum Gasteiger partial charge on any atom is 0.303 e. The van der Waals surface area contributed by atoms with Crippen LogP contribution in [0.2, 0.25) is 10.0 Å². The van der Waals surface area contributed by atoms with Gasteiger partial charge in [-0.2, -0.15) is 0 Å². The zero-order chi connectivity index (χ0) is 20.7. The van der Waals surface area contributed by atoms with Crippen LogP contribution in [0.4, 0.5) is 5.69 Å². The van der Waals surface area contributed by atoms with E-state index in [2.05, 4.69) is 10.0 Å². The maximum atomic E-state index is 12.6. The van der Waals surface area contributed by atoms with Gasteiger partial charge in [-0.25, -0.2) is 8.42 Å². The second-order valence-corrected chi connectivity index (χ2v) is 8.41. The summed E-state index contributed by atoms with van der Waals surface area (Å²) in [6, 6.07) is 9.81. The highest BCUT2D eigenvalue weighted by atomic mass is 35.5. The van der Waals surface area contributed by atoms with Gasteiger partial charge in [-0.1, -0.05) is 23.2 Å². The lowest BCUT2D eigenvalue weighted by atomic mass is 10.1. The van der Waals surface area contributed by atoms with Crippen LogP contribution in [0, 0.1) is 0 Å². The van der Waals surface area contributed by atoms with Gasteiger partial charge in [-0.3, -0.25) is 14.3 Å². The van der Waals surface area contributed by atoms with Gasteiger partial charge in [0.15, 0.2) is 0 Å². The van der Waals surface area contributed by atoms with Crippen LogP contribution in [-0.2, 0) is 14.8 Å². The molecule has 7 nitrogen and oxygen atoms in total. The van der Waals surface area contributed by atoms with E-state index >= 15 is 0 Å². The van der Waals surface area contributed by atoms with Gasteiger partial charge < -0.3 is 10.4 Å². The number of halogens is 2. The van der Waals surface area contributed by atoms with Gasteiger partial charge in [0.05, 0.1) is 16.1 Å². The molecule has 2 rings (SSSR count). The third-order valence-electron chi connectivity index (χ3n) is 3.70. The normalized spacial score (nSPS) is 11.1. The molecule has 0 aliphatic rings. The predicted octanol–water partition coefficient (Wildman–Crippen LogP) is 3.78. The molecule has 0 saturated heterocycles. The second-order valence-electron chi connectivity index (χ2n) is 5.86.